The third kappa shape index (κ3) is 5.16. The van der Waals surface area contributed by atoms with Crippen molar-refractivity contribution < 1.29 is 19.2 Å². The van der Waals surface area contributed by atoms with Crippen LogP contribution in [0.1, 0.15) is 40.2 Å². The molecule has 158 valence electrons. The second-order valence-electron chi connectivity index (χ2n) is 7.77. The molecular formula is C25H23NO5. The van der Waals surface area contributed by atoms with Crippen molar-refractivity contribution in [2.24, 2.45) is 5.92 Å². The van der Waals surface area contributed by atoms with E-state index in [1.165, 1.54) is 18.2 Å². The number of non-ortho nitro benzene ring substituents is 1. The summed E-state index contributed by atoms with van der Waals surface area (Å²) in [5, 5.41) is 11.3. The van der Waals surface area contributed by atoms with Crippen molar-refractivity contribution in [2.45, 2.75) is 25.4 Å². The van der Waals surface area contributed by atoms with Crippen LogP contribution in [0.25, 0.3) is 0 Å². The van der Waals surface area contributed by atoms with E-state index in [0.717, 1.165) is 18.4 Å². The van der Waals surface area contributed by atoms with Crippen LogP contribution in [-0.2, 0) is 11.3 Å². The lowest BCUT2D eigenvalue weighted by Crippen LogP contribution is -2.26. The minimum atomic E-state index is -0.474. The quantitative estimate of drug-likeness (QED) is 0.209. The molecule has 3 aromatic carbocycles. The van der Waals surface area contributed by atoms with Gasteiger partial charge in [-0.3, -0.25) is 10.1 Å². The van der Waals surface area contributed by atoms with E-state index in [1.54, 1.807) is 24.3 Å². The lowest BCUT2D eigenvalue weighted by molar-refractivity contribution is -0.385. The number of carbonyl (C=O) groups excluding carboxylic acids is 1. The number of nitrogens with zero attached hydrogens (tertiary/aromatic N) is 1. The van der Waals surface area contributed by atoms with Gasteiger partial charge in [0.25, 0.3) is 5.69 Å². The number of hydrogen-bond acceptors (Lipinski definition) is 5. The van der Waals surface area contributed by atoms with E-state index < -0.39 is 10.9 Å². The molecule has 1 aliphatic rings. The SMILES string of the molecule is O=C(Oc1ccc([N+](=O)[O-])cc1C1CC(COCc2ccccc2)C1)c1ccccc1. The van der Waals surface area contributed by atoms with Gasteiger partial charge < -0.3 is 9.47 Å². The van der Waals surface area contributed by atoms with Crippen LogP contribution in [0, 0.1) is 16.0 Å². The number of hydrogen-bond donors (Lipinski definition) is 0. The highest BCUT2D eigenvalue weighted by Gasteiger charge is 2.33. The van der Waals surface area contributed by atoms with E-state index >= 15 is 0 Å². The normalized spacial score (nSPS) is 17.5. The fourth-order valence-electron chi connectivity index (χ4n) is 3.84. The van der Waals surface area contributed by atoms with Crippen LogP contribution < -0.4 is 4.74 Å². The number of ether oxygens (including phenoxy) is 2. The topological polar surface area (TPSA) is 78.7 Å². The molecule has 0 spiro atoms. The first-order valence-corrected chi connectivity index (χ1v) is 10.3. The highest BCUT2D eigenvalue weighted by atomic mass is 16.6. The van der Waals surface area contributed by atoms with Gasteiger partial charge in [-0.1, -0.05) is 48.5 Å². The lowest BCUT2D eigenvalue weighted by atomic mass is 9.71. The number of carbonyl (C=O) groups is 1. The Kier molecular flexibility index (Phi) is 6.38. The van der Waals surface area contributed by atoms with E-state index in [2.05, 4.69) is 0 Å². The predicted molar refractivity (Wildman–Crippen MR) is 116 cm³/mol. The molecule has 0 bridgehead atoms. The summed E-state index contributed by atoms with van der Waals surface area (Å²) in [6, 6.07) is 23.1. The van der Waals surface area contributed by atoms with Crippen molar-refractivity contribution in [3.63, 3.8) is 0 Å². The van der Waals surface area contributed by atoms with Gasteiger partial charge in [-0.2, -0.15) is 0 Å². The number of benzene rings is 3. The van der Waals surface area contributed by atoms with Gasteiger partial charge in [-0.25, -0.2) is 4.79 Å². The molecule has 0 amide bonds. The number of nitro benzene ring substituents is 1. The van der Waals surface area contributed by atoms with Gasteiger partial charge in [0.2, 0.25) is 0 Å². The first kappa shape index (κ1) is 20.8. The molecule has 6 heteroatoms. The molecule has 0 N–H and O–H groups in total. The van der Waals surface area contributed by atoms with E-state index in [-0.39, 0.29) is 11.6 Å². The second-order valence-corrected chi connectivity index (χ2v) is 7.77. The summed E-state index contributed by atoms with van der Waals surface area (Å²) in [5.41, 5.74) is 2.27. The van der Waals surface area contributed by atoms with Gasteiger partial charge in [-0.15, -0.1) is 0 Å². The van der Waals surface area contributed by atoms with Crippen LogP contribution in [0.4, 0.5) is 5.69 Å². The maximum absolute atomic E-state index is 12.5. The molecule has 6 nitrogen and oxygen atoms in total. The largest absolute Gasteiger partial charge is 0.423 e. The third-order valence-electron chi connectivity index (χ3n) is 5.56. The van der Waals surface area contributed by atoms with Gasteiger partial charge in [-0.05, 0) is 48.4 Å². The zero-order valence-corrected chi connectivity index (χ0v) is 17.0. The van der Waals surface area contributed by atoms with Crippen LogP contribution in [0.3, 0.4) is 0 Å². The molecule has 0 atom stereocenters. The highest BCUT2D eigenvalue weighted by Crippen LogP contribution is 2.46. The fraction of sp³-hybridized carbons (Fsp3) is 0.240. The summed E-state index contributed by atoms with van der Waals surface area (Å²) in [7, 11) is 0. The summed E-state index contributed by atoms with van der Waals surface area (Å²) in [4.78, 5) is 23.3. The second kappa shape index (κ2) is 9.53. The van der Waals surface area contributed by atoms with Crippen LogP contribution >= 0.6 is 0 Å². The summed E-state index contributed by atoms with van der Waals surface area (Å²) in [6.45, 7) is 1.21. The van der Waals surface area contributed by atoms with Crippen molar-refractivity contribution in [1.29, 1.82) is 0 Å². The Balaban J connectivity index is 1.40. The predicted octanol–water partition coefficient (Wildman–Crippen LogP) is 5.52. The smallest absolute Gasteiger partial charge is 0.343 e. The molecule has 1 saturated carbocycles. The average molecular weight is 417 g/mol. The van der Waals surface area contributed by atoms with Crippen molar-refractivity contribution in [1.82, 2.24) is 0 Å². The van der Waals surface area contributed by atoms with E-state index in [9.17, 15) is 14.9 Å². The number of nitro groups is 1. The fourth-order valence-corrected chi connectivity index (χ4v) is 3.84. The summed E-state index contributed by atoms with van der Waals surface area (Å²) >= 11 is 0. The maximum atomic E-state index is 12.5. The molecule has 0 aliphatic heterocycles. The number of rotatable bonds is 8. The molecule has 0 radical (unpaired) electrons. The summed E-state index contributed by atoms with van der Waals surface area (Å²) < 4.78 is 11.4. The standard InChI is InChI=1S/C25H23NO5/c27-25(20-9-5-2-6-10-20)31-24-12-11-22(26(28)29)15-23(24)21-13-19(14-21)17-30-16-18-7-3-1-4-8-18/h1-12,15,19,21H,13-14,16-17H2. The van der Waals surface area contributed by atoms with E-state index in [4.69, 9.17) is 9.47 Å². The molecule has 4 rings (SSSR count). The molecule has 0 heterocycles. The minimum absolute atomic E-state index is 0.00159. The van der Waals surface area contributed by atoms with Gasteiger partial charge in [0, 0.05) is 24.3 Å². The van der Waals surface area contributed by atoms with Crippen molar-refractivity contribution in [3.8, 4) is 5.75 Å². The first-order valence-electron chi connectivity index (χ1n) is 10.3. The molecule has 0 aromatic heterocycles. The molecule has 0 saturated heterocycles. The monoisotopic (exact) mass is 417 g/mol. The van der Waals surface area contributed by atoms with Gasteiger partial charge in [0.1, 0.15) is 5.75 Å². The Hall–Kier alpha value is -3.51. The minimum Gasteiger partial charge on any atom is -0.423 e. The van der Waals surface area contributed by atoms with Gasteiger partial charge in [0.05, 0.1) is 17.1 Å². The first-order chi connectivity index (χ1) is 15.1. The molecular weight excluding hydrogens is 394 g/mol. The van der Waals surface area contributed by atoms with Crippen LogP contribution in [0.15, 0.2) is 78.9 Å². The van der Waals surface area contributed by atoms with Crippen LogP contribution in [-0.4, -0.2) is 17.5 Å². The third-order valence-corrected chi connectivity index (χ3v) is 5.56. The molecule has 0 unspecified atom stereocenters. The Morgan fingerprint density at radius 2 is 1.65 bits per heavy atom. The zero-order chi connectivity index (χ0) is 21.6. The van der Waals surface area contributed by atoms with Crippen molar-refractivity contribution in [2.75, 3.05) is 6.61 Å². The maximum Gasteiger partial charge on any atom is 0.343 e. The lowest BCUT2D eigenvalue weighted by Gasteiger charge is -2.36. The van der Waals surface area contributed by atoms with Gasteiger partial charge in [0.15, 0.2) is 0 Å². The Bertz CT molecular complexity index is 1050. The molecule has 3 aromatic rings. The van der Waals surface area contributed by atoms with Crippen molar-refractivity contribution >= 4 is 11.7 Å². The highest BCUT2D eigenvalue weighted by molar-refractivity contribution is 5.91. The summed E-state index contributed by atoms with van der Waals surface area (Å²) in [5.74, 6) is 0.389. The Morgan fingerprint density at radius 1 is 0.968 bits per heavy atom. The molecule has 31 heavy (non-hydrogen) atoms. The number of esters is 1. The van der Waals surface area contributed by atoms with Crippen molar-refractivity contribution in [3.05, 3.63) is 106 Å². The molecule has 1 fully saturated rings. The molecule has 1 aliphatic carbocycles. The Morgan fingerprint density at radius 3 is 2.32 bits per heavy atom. The summed E-state index contributed by atoms with van der Waals surface area (Å²) in [6.07, 6.45) is 1.68. The van der Waals surface area contributed by atoms with Crippen LogP contribution in [0.2, 0.25) is 0 Å². The van der Waals surface area contributed by atoms with Gasteiger partial charge >= 0.3 is 5.97 Å². The van der Waals surface area contributed by atoms with E-state index in [0.29, 0.717) is 36.0 Å². The average Bonchev–Trinajstić information content (AvgIpc) is 2.77. The Labute approximate surface area is 180 Å². The van der Waals surface area contributed by atoms with Crippen LogP contribution in [0.5, 0.6) is 5.75 Å². The van der Waals surface area contributed by atoms with E-state index in [1.807, 2.05) is 36.4 Å². The zero-order valence-electron chi connectivity index (χ0n) is 17.0.